The molecule has 0 spiro atoms. The smallest absolute Gasteiger partial charge is 0.307 e. The highest BCUT2D eigenvalue weighted by Gasteiger charge is 2.09. The highest BCUT2D eigenvalue weighted by atomic mass is 19.1. The quantitative estimate of drug-likeness (QED) is 0.765. The van der Waals surface area contributed by atoms with E-state index in [0.717, 1.165) is 0 Å². The normalized spacial score (nSPS) is 10.6. The van der Waals surface area contributed by atoms with E-state index in [-0.39, 0.29) is 12.2 Å². The highest BCUT2D eigenvalue weighted by molar-refractivity contribution is 5.87. The van der Waals surface area contributed by atoms with Gasteiger partial charge in [0.15, 0.2) is 0 Å². The van der Waals surface area contributed by atoms with Crippen molar-refractivity contribution in [1.29, 1.82) is 0 Å². The van der Waals surface area contributed by atoms with Crippen molar-refractivity contribution in [3.05, 3.63) is 35.8 Å². The average Bonchev–Trinajstić information content (AvgIpc) is 2.49. The summed E-state index contributed by atoms with van der Waals surface area (Å²) in [5.41, 5.74) is 0.968. The lowest BCUT2D eigenvalue weighted by atomic mass is 10.1. The summed E-state index contributed by atoms with van der Waals surface area (Å²) in [6.07, 6.45) is 1.44. The molecule has 0 aliphatic heterocycles. The van der Waals surface area contributed by atoms with Gasteiger partial charge in [0.25, 0.3) is 0 Å². The van der Waals surface area contributed by atoms with Crippen LogP contribution in [0, 0.1) is 5.82 Å². The predicted molar refractivity (Wildman–Crippen MR) is 49.6 cm³/mol. The molecule has 0 amide bonds. The first-order valence-electron chi connectivity index (χ1n) is 4.15. The van der Waals surface area contributed by atoms with Gasteiger partial charge in [-0.3, -0.25) is 4.79 Å². The first kappa shape index (κ1) is 8.74. The number of nitrogens with one attached hydrogen (secondary N) is 1. The molecule has 1 heterocycles. The van der Waals surface area contributed by atoms with Gasteiger partial charge in [-0.2, -0.15) is 0 Å². The van der Waals surface area contributed by atoms with Crippen LogP contribution in [-0.4, -0.2) is 16.1 Å². The second-order valence-electron chi connectivity index (χ2n) is 3.05. The first-order valence-corrected chi connectivity index (χ1v) is 4.15. The second-order valence-corrected chi connectivity index (χ2v) is 3.05. The van der Waals surface area contributed by atoms with Crippen molar-refractivity contribution in [2.24, 2.45) is 0 Å². The van der Waals surface area contributed by atoms with Crippen molar-refractivity contribution in [2.75, 3.05) is 0 Å². The van der Waals surface area contributed by atoms with E-state index in [0.29, 0.717) is 16.5 Å². The number of fused-ring (bicyclic) bond motifs is 1. The summed E-state index contributed by atoms with van der Waals surface area (Å²) < 4.78 is 13.2. The summed E-state index contributed by atoms with van der Waals surface area (Å²) in [4.78, 5) is 13.2. The van der Waals surface area contributed by atoms with E-state index < -0.39 is 5.97 Å². The number of para-hydroxylation sites is 1. The zero-order valence-corrected chi connectivity index (χ0v) is 7.25. The van der Waals surface area contributed by atoms with E-state index in [1.807, 2.05) is 0 Å². The van der Waals surface area contributed by atoms with Gasteiger partial charge in [0.1, 0.15) is 5.82 Å². The third-order valence-electron chi connectivity index (χ3n) is 2.09. The van der Waals surface area contributed by atoms with Crippen LogP contribution in [-0.2, 0) is 11.2 Å². The molecule has 4 heteroatoms. The van der Waals surface area contributed by atoms with Gasteiger partial charge in [0.05, 0.1) is 11.9 Å². The summed E-state index contributed by atoms with van der Waals surface area (Å²) in [5.74, 6) is -1.28. The van der Waals surface area contributed by atoms with Gasteiger partial charge in [0, 0.05) is 11.6 Å². The molecule has 0 saturated heterocycles. The number of rotatable bonds is 2. The largest absolute Gasteiger partial charge is 0.481 e. The number of aromatic nitrogens is 1. The Morgan fingerprint density at radius 2 is 2.29 bits per heavy atom. The van der Waals surface area contributed by atoms with Gasteiger partial charge >= 0.3 is 5.97 Å². The van der Waals surface area contributed by atoms with Gasteiger partial charge in [-0.25, -0.2) is 4.39 Å². The summed E-state index contributed by atoms with van der Waals surface area (Å²) in [6, 6.07) is 4.60. The van der Waals surface area contributed by atoms with Crippen LogP contribution in [0.25, 0.3) is 10.9 Å². The summed E-state index contributed by atoms with van der Waals surface area (Å²) in [7, 11) is 0. The van der Waals surface area contributed by atoms with Crippen LogP contribution in [0.15, 0.2) is 24.4 Å². The standard InChI is InChI=1S/C10H8FNO2/c11-8-3-1-2-7-6(4-9(13)14)5-12-10(7)8/h1-3,5,12H,4H2,(H,13,14). The Morgan fingerprint density at radius 3 is 3.00 bits per heavy atom. The molecule has 0 saturated carbocycles. The van der Waals surface area contributed by atoms with Crippen LogP contribution in [0.5, 0.6) is 0 Å². The molecule has 0 atom stereocenters. The number of H-pyrrole nitrogens is 1. The van der Waals surface area contributed by atoms with Crippen molar-refractivity contribution >= 4 is 16.9 Å². The minimum absolute atomic E-state index is 0.0938. The predicted octanol–water partition coefficient (Wildman–Crippen LogP) is 1.93. The molecule has 72 valence electrons. The summed E-state index contributed by atoms with van der Waals surface area (Å²) >= 11 is 0. The van der Waals surface area contributed by atoms with Crippen LogP contribution >= 0.6 is 0 Å². The monoisotopic (exact) mass is 193 g/mol. The number of hydrogen-bond donors (Lipinski definition) is 2. The number of halogens is 1. The Hall–Kier alpha value is -1.84. The van der Waals surface area contributed by atoms with Crippen molar-refractivity contribution in [2.45, 2.75) is 6.42 Å². The molecular weight excluding hydrogens is 185 g/mol. The van der Waals surface area contributed by atoms with Gasteiger partial charge in [-0.05, 0) is 11.6 Å². The Balaban J connectivity index is 2.58. The van der Waals surface area contributed by atoms with Crippen molar-refractivity contribution in [3.63, 3.8) is 0 Å². The molecule has 1 aromatic heterocycles. The van der Waals surface area contributed by atoms with E-state index in [9.17, 15) is 9.18 Å². The minimum atomic E-state index is -0.921. The van der Waals surface area contributed by atoms with Gasteiger partial charge in [-0.15, -0.1) is 0 Å². The van der Waals surface area contributed by atoms with Crippen LogP contribution in [0.1, 0.15) is 5.56 Å². The number of carboxylic acids is 1. The number of carboxylic acid groups (broad SMARTS) is 1. The lowest BCUT2D eigenvalue weighted by Crippen LogP contribution is -1.98. The van der Waals surface area contributed by atoms with Gasteiger partial charge < -0.3 is 10.1 Å². The number of benzene rings is 1. The molecule has 2 N–H and O–H groups in total. The van der Waals surface area contributed by atoms with Crippen molar-refractivity contribution in [3.8, 4) is 0 Å². The van der Waals surface area contributed by atoms with Crippen LogP contribution in [0.3, 0.4) is 0 Å². The Kier molecular flexibility index (Phi) is 1.96. The minimum Gasteiger partial charge on any atom is -0.481 e. The maximum absolute atomic E-state index is 13.2. The molecule has 0 fully saturated rings. The van der Waals surface area contributed by atoms with Crippen molar-refractivity contribution < 1.29 is 14.3 Å². The molecule has 0 unspecified atom stereocenters. The fourth-order valence-corrected chi connectivity index (χ4v) is 1.48. The van der Waals surface area contributed by atoms with E-state index in [1.54, 1.807) is 12.1 Å². The topological polar surface area (TPSA) is 53.1 Å². The lowest BCUT2D eigenvalue weighted by molar-refractivity contribution is -0.136. The molecule has 2 rings (SSSR count). The zero-order valence-electron chi connectivity index (χ0n) is 7.25. The molecular formula is C10H8FNO2. The number of carbonyl (C=O) groups is 1. The van der Waals surface area contributed by atoms with Gasteiger partial charge in [-0.1, -0.05) is 12.1 Å². The molecule has 0 bridgehead atoms. The third kappa shape index (κ3) is 1.35. The number of aliphatic carboxylic acids is 1. The Morgan fingerprint density at radius 1 is 1.50 bits per heavy atom. The van der Waals surface area contributed by atoms with Crippen LogP contribution in [0.4, 0.5) is 4.39 Å². The van der Waals surface area contributed by atoms with E-state index in [2.05, 4.69) is 4.98 Å². The van der Waals surface area contributed by atoms with Crippen molar-refractivity contribution in [1.82, 2.24) is 4.98 Å². The number of hydrogen-bond acceptors (Lipinski definition) is 1. The van der Waals surface area contributed by atoms with E-state index in [1.165, 1.54) is 12.3 Å². The average molecular weight is 193 g/mol. The zero-order chi connectivity index (χ0) is 10.1. The SMILES string of the molecule is O=C(O)Cc1c[nH]c2c(F)cccc12. The molecule has 0 aliphatic rings. The molecule has 1 aromatic carbocycles. The van der Waals surface area contributed by atoms with Crippen LogP contribution in [0.2, 0.25) is 0 Å². The van der Waals surface area contributed by atoms with Gasteiger partial charge in [0.2, 0.25) is 0 Å². The molecule has 0 radical (unpaired) electrons. The molecule has 3 nitrogen and oxygen atoms in total. The summed E-state index contributed by atoms with van der Waals surface area (Å²) in [5, 5.41) is 9.24. The Labute approximate surface area is 79.2 Å². The first-order chi connectivity index (χ1) is 6.68. The molecule has 2 aromatic rings. The fraction of sp³-hybridized carbons (Fsp3) is 0.100. The lowest BCUT2D eigenvalue weighted by Gasteiger charge is -1.94. The van der Waals surface area contributed by atoms with Crippen LogP contribution < -0.4 is 0 Å². The fourth-order valence-electron chi connectivity index (χ4n) is 1.48. The maximum atomic E-state index is 13.2. The van der Waals surface area contributed by atoms with E-state index >= 15 is 0 Å². The maximum Gasteiger partial charge on any atom is 0.307 e. The second kappa shape index (κ2) is 3.14. The highest BCUT2D eigenvalue weighted by Crippen LogP contribution is 2.20. The Bertz CT molecular complexity index is 490. The summed E-state index contributed by atoms with van der Waals surface area (Å²) in [6.45, 7) is 0. The molecule has 0 aliphatic carbocycles. The molecule has 14 heavy (non-hydrogen) atoms. The number of aromatic amines is 1. The third-order valence-corrected chi connectivity index (χ3v) is 2.09. The van der Waals surface area contributed by atoms with E-state index in [4.69, 9.17) is 5.11 Å².